The second-order valence-corrected chi connectivity index (χ2v) is 4.80. The van der Waals surface area contributed by atoms with Crippen LogP contribution < -0.4 is 5.32 Å². The van der Waals surface area contributed by atoms with E-state index in [1.165, 1.54) is 0 Å². The minimum Gasteiger partial charge on any atom is -0.378 e. The average molecular weight is 275 g/mol. The molecule has 3 rings (SSSR count). The Morgan fingerprint density at radius 1 is 1.44 bits per heavy atom. The van der Waals surface area contributed by atoms with E-state index in [-0.39, 0.29) is 18.0 Å². The van der Waals surface area contributed by atoms with Crippen LogP contribution in [0.1, 0.15) is 24.2 Å². The van der Waals surface area contributed by atoms with Crippen molar-refractivity contribution < 1.29 is 9.47 Å². The third-order valence-corrected chi connectivity index (χ3v) is 3.67. The molecule has 1 spiro atoms. The molecular weight excluding hydrogens is 256 g/mol. The van der Waals surface area contributed by atoms with Gasteiger partial charge in [0.15, 0.2) is 0 Å². The fourth-order valence-electron chi connectivity index (χ4n) is 2.63. The Labute approximate surface area is 112 Å². The minimum absolute atomic E-state index is 0. The molecule has 0 unspecified atom stereocenters. The van der Waals surface area contributed by atoms with Gasteiger partial charge < -0.3 is 14.8 Å². The molecule has 0 bridgehead atoms. The van der Waals surface area contributed by atoms with Crippen molar-refractivity contribution in [3.8, 4) is 0 Å². The van der Waals surface area contributed by atoms with Gasteiger partial charge in [0.25, 0.3) is 0 Å². The highest BCUT2D eigenvalue weighted by Crippen LogP contribution is 2.31. The topological polar surface area (TPSA) is 61.2 Å². The summed E-state index contributed by atoms with van der Waals surface area (Å²) in [6.45, 7) is 3.98. The monoisotopic (exact) mass is 274 g/mol. The van der Waals surface area contributed by atoms with Gasteiger partial charge in [-0.15, -0.1) is 17.5 Å². The summed E-state index contributed by atoms with van der Waals surface area (Å²) in [7, 11) is 1.67. The standard InChI is InChI=1S/C11H18N4O2.ClH/c1-16-6-9-10-7-17-11(2-4-12-5-3-11)8-15(10)14-13-9;/h12H,2-8H2,1H3;1H. The van der Waals surface area contributed by atoms with Crippen molar-refractivity contribution in [2.75, 3.05) is 20.2 Å². The van der Waals surface area contributed by atoms with Crippen molar-refractivity contribution >= 4 is 12.4 Å². The van der Waals surface area contributed by atoms with Crippen LogP contribution in [0.25, 0.3) is 0 Å². The van der Waals surface area contributed by atoms with Crippen LogP contribution in [0.15, 0.2) is 0 Å². The predicted molar refractivity (Wildman–Crippen MR) is 67.6 cm³/mol. The van der Waals surface area contributed by atoms with Crippen molar-refractivity contribution in [1.29, 1.82) is 0 Å². The Bertz CT molecular complexity index is 404. The van der Waals surface area contributed by atoms with Crippen LogP contribution in [0.5, 0.6) is 0 Å². The lowest BCUT2D eigenvalue weighted by molar-refractivity contribution is -0.109. The molecule has 102 valence electrons. The molecule has 2 aliphatic heterocycles. The zero-order chi connectivity index (χ0) is 11.7. The molecule has 1 saturated heterocycles. The summed E-state index contributed by atoms with van der Waals surface area (Å²) in [5, 5.41) is 11.7. The van der Waals surface area contributed by atoms with Gasteiger partial charge in [0.2, 0.25) is 0 Å². The van der Waals surface area contributed by atoms with Gasteiger partial charge in [0.05, 0.1) is 31.1 Å². The number of fused-ring (bicyclic) bond motifs is 1. The molecule has 1 fully saturated rings. The van der Waals surface area contributed by atoms with Crippen LogP contribution in [0.3, 0.4) is 0 Å². The molecule has 0 radical (unpaired) electrons. The number of nitrogens with one attached hydrogen (secondary N) is 1. The third-order valence-electron chi connectivity index (χ3n) is 3.67. The Kier molecular flexibility index (Phi) is 4.21. The summed E-state index contributed by atoms with van der Waals surface area (Å²) in [5.74, 6) is 0. The Morgan fingerprint density at radius 2 is 2.22 bits per heavy atom. The van der Waals surface area contributed by atoms with Crippen molar-refractivity contribution in [3.05, 3.63) is 11.4 Å². The maximum Gasteiger partial charge on any atom is 0.114 e. The van der Waals surface area contributed by atoms with Gasteiger partial charge in [0.1, 0.15) is 5.69 Å². The summed E-state index contributed by atoms with van der Waals surface area (Å²) in [4.78, 5) is 0. The van der Waals surface area contributed by atoms with E-state index < -0.39 is 0 Å². The predicted octanol–water partition coefficient (Wildman–Crippen LogP) is 0.499. The first kappa shape index (κ1) is 13.7. The molecule has 1 aromatic rings. The number of halogens is 1. The quantitative estimate of drug-likeness (QED) is 0.851. The summed E-state index contributed by atoms with van der Waals surface area (Å²) in [6.07, 6.45) is 2.10. The number of methoxy groups -OCH3 is 1. The normalized spacial score (nSPS) is 21.4. The van der Waals surface area contributed by atoms with E-state index in [0.717, 1.165) is 43.9 Å². The lowest BCUT2D eigenvalue weighted by Gasteiger charge is -2.40. The molecule has 0 aliphatic carbocycles. The van der Waals surface area contributed by atoms with Gasteiger partial charge in [-0.05, 0) is 25.9 Å². The number of aromatic nitrogens is 3. The van der Waals surface area contributed by atoms with Crippen LogP contribution in [-0.4, -0.2) is 40.8 Å². The van der Waals surface area contributed by atoms with E-state index in [1.54, 1.807) is 7.11 Å². The van der Waals surface area contributed by atoms with Gasteiger partial charge in [0, 0.05) is 7.11 Å². The Morgan fingerprint density at radius 3 is 2.94 bits per heavy atom. The first-order valence-corrected chi connectivity index (χ1v) is 6.08. The summed E-state index contributed by atoms with van der Waals surface area (Å²) >= 11 is 0. The molecule has 18 heavy (non-hydrogen) atoms. The van der Waals surface area contributed by atoms with Crippen molar-refractivity contribution in [1.82, 2.24) is 20.3 Å². The number of hydrogen-bond acceptors (Lipinski definition) is 5. The molecule has 1 aromatic heterocycles. The molecule has 1 N–H and O–H groups in total. The largest absolute Gasteiger partial charge is 0.378 e. The van der Waals surface area contributed by atoms with E-state index in [9.17, 15) is 0 Å². The number of rotatable bonds is 2. The second kappa shape index (κ2) is 5.52. The smallest absolute Gasteiger partial charge is 0.114 e. The van der Waals surface area contributed by atoms with Crippen LogP contribution in [0.2, 0.25) is 0 Å². The highest BCUT2D eigenvalue weighted by Gasteiger charge is 2.38. The highest BCUT2D eigenvalue weighted by molar-refractivity contribution is 5.85. The molecule has 3 heterocycles. The fraction of sp³-hybridized carbons (Fsp3) is 0.818. The molecule has 0 saturated carbocycles. The fourth-order valence-corrected chi connectivity index (χ4v) is 2.63. The van der Waals surface area contributed by atoms with E-state index in [0.29, 0.717) is 13.2 Å². The highest BCUT2D eigenvalue weighted by atomic mass is 35.5. The molecule has 7 heteroatoms. The number of nitrogens with zero attached hydrogens (tertiary/aromatic N) is 3. The third kappa shape index (κ3) is 2.38. The SMILES string of the molecule is COCc1nnn2c1COC1(CCNCC1)C2.Cl. The second-order valence-electron chi connectivity index (χ2n) is 4.80. The number of ether oxygens (including phenoxy) is 2. The molecule has 2 aliphatic rings. The molecule has 0 amide bonds. The Hall–Kier alpha value is -0.690. The molecule has 0 atom stereocenters. The van der Waals surface area contributed by atoms with E-state index >= 15 is 0 Å². The van der Waals surface area contributed by atoms with Crippen molar-refractivity contribution in [3.63, 3.8) is 0 Å². The van der Waals surface area contributed by atoms with Gasteiger partial charge in [-0.1, -0.05) is 5.21 Å². The van der Waals surface area contributed by atoms with E-state index in [2.05, 4.69) is 15.6 Å². The van der Waals surface area contributed by atoms with Crippen LogP contribution in [0, 0.1) is 0 Å². The van der Waals surface area contributed by atoms with Gasteiger partial charge >= 0.3 is 0 Å². The average Bonchev–Trinajstić information content (AvgIpc) is 2.73. The Balaban J connectivity index is 0.00000120. The van der Waals surface area contributed by atoms with E-state index in [1.807, 2.05) is 4.68 Å². The first-order valence-electron chi connectivity index (χ1n) is 6.08. The van der Waals surface area contributed by atoms with Gasteiger partial charge in [-0.2, -0.15) is 0 Å². The number of piperidine rings is 1. The number of hydrogen-bond donors (Lipinski definition) is 1. The zero-order valence-corrected chi connectivity index (χ0v) is 11.3. The summed E-state index contributed by atoms with van der Waals surface area (Å²) in [5.41, 5.74) is 1.93. The maximum atomic E-state index is 6.08. The maximum absolute atomic E-state index is 6.08. The molecule has 0 aromatic carbocycles. The van der Waals surface area contributed by atoms with E-state index in [4.69, 9.17) is 9.47 Å². The molecular formula is C11H19ClN4O2. The zero-order valence-electron chi connectivity index (χ0n) is 10.5. The first-order chi connectivity index (χ1) is 8.33. The minimum atomic E-state index is -0.0315. The van der Waals surface area contributed by atoms with Crippen LogP contribution in [0.4, 0.5) is 0 Å². The molecule has 6 nitrogen and oxygen atoms in total. The van der Waals surface area contributed by atoms with Crippen molar-refractivity contribution in [2.24, 2.45) is 0 Å². The summed E-state index contributed by atoms with van der Waals surface area (Å²) < 4.78 is 13.2. The lowest BCUT2D eigenvalue weighted by atomic mass is 9.91. The van der Waals surface area contributed by atoms with Crippen molar-refractivity contribution in [2.45, 2.75) is 38.2 Å². The van der Waals surface area contributed by atoms with Gasteiger partial charge in [-0.3, -0.25) is 0 Å². The van der Waals surface area contributed by atoms with Gasteiger partial charge in [-0.25, -0.2) is 4.68 Å². The summed E-state index contributed by atoms with van der Waals surface area (Å²) in [6, 6.07) is 0. The van der Waals surface area contributed by atoms with Crippen LogP contribution in [-0.2, 0) is 29.2 Å². The van der Waals surface area contributed by atoms with Crippen LogP contribution >= 0.6 is 12.4 Å². The lowest BCUT2D eigenvalue weighted by Crippen LogP contribution is -2.49.